The summed E-state index contributed by atoms with van der Waals surface area (Å²) >= 11 is 0. The molecule has 1 N–H and O–H groups in total. The molecule has 1 fully saturated rings. The summed E-state index contributed by atoms with van der Waals surface area (Å²) in [6.45, 7) is 7.94. The predicted molar refractivity (Wildman–Crippen MR) is 155 cm³/mol. The first-order valence-electron chi connectivity index (χ1n) is 14.4. The van der Waals surface area contributed by atoms with Gasteiger partial charge in [-0.25, -0.2) is 9.97 Å². The van der Waals surface area contributed by atoms with E-state index in [0.29, 0.717) is 24.6 Å². The number of hydrogen-bond acceptors (Lipinski definition) is 7. The minimum Gasteiger partial charge on any atom is -0.491 e. The van der Waals surface area contributed by atoms with Crippen LogP contribution in [-0.4, -0.2) is 62.9 Å². The van der Waals surface area contributed by atoms with Crippen LogP contribution in [0, 0.1) is 19.8 Å². The van der Waals surface area contributed by atoms with Gasteiger partial charge in [0.05, 0.1) is 18.1 Å². The van der Waals surface area contributed by atoms with Crippen LogP contribution in [0.15, 0.2) is 42.9 Å². The molecule has 1 saturated heterocycles. The Labute approximate surface area is 247 Å². The van der Waals surface area contributed by atoms with E-state index in [4.69, 9.17) is 9.72 Å². The Morgan fingerprint density at radius 3 is 2.53 bits per heavy atom. The summed E-state index contributed by atoms with van der Waals surface area (Å²) in [5.74, 6) is 1.07. The number of ether oxygens (including phenoxy) is 1. The number of fused-ring (bicyclic) bond motifs is 1. The fourth-order valence-corrected chi connectivity index (χ4v) is 5.79. The van der Waals surface area contributed by atoms with E-state index in [-0.39, 0.29) is 41.4 Å². The quantitative estimate of drug-likeness (QED) is 0.317. The van der Waals surface area contributed by atoms with Gasteiger partial charge in [-0.15, -0.1) is 0 Å². The summed E-state index contributed by atoms with van der Waals surface area (Å²) in [6.07, 6.45) is 0.506. The number of halogens is 3. The van der Waals surface area contributed by atoms with Gasteiger partial charge < -0.3 is 19.5 Å². The van der Waals surface area contributed by atoms with Gasteiger partial charge in [0.2, 0.25) is 0 Å². The van der Waals surface area contributed by atoms with Gasteiger partial charge in [0.25, 0.3) is 0 Å². The maximum absolute atomic E-state index is 14.1. The summed E-state index contributed by atoms with van der Waals surface area (Å²) < 4.78 is 51.7. The Morgan fingerprint density at radius 1 is 1.09 bits per heavy atom. The molecular weight excluding hydrogens is 559 g/mol. The molecule has 226 valence electrons. The highest BCUT2D eigenvalue weighted by Gasteiger charge is 2.40. The Morgan fingerprint density at radius 2 is 1.86 bits per heavy atom. The maximum atomic E-state index is 14.1. The van der Waals surface area contributed by atoms with Gasteiger partial charge in [-0.2, -0.15) is 18.3 Å². The van der Waals surface area contributed by atoms with Crippen molar-refractivity contribution in [2.45, 2.75) is 52.5 Å². The van der Waals surface area contributed by atoms with Crippen molar-refractivity contribution in [3.05, 3.63) is 76.8 Å². The summed E-state index contributed by atoms with van der Waals surface area (Å²) in [5, 5.41) is 7.07. The average Bonchev–Trinajstić information content (AvgIpc) is 3.55. The van der Waals surface area contributed by atoms with E-state index in [1.807, 2.05) is 37.6 Å². The zero-order valence-electron chi connectivity index (χ0n) is 24.6. The normalized spacial score (nSPS) is 17.1. The van der Waals surface area contributed by atoms with Crippen molar-refractivity contribution >= 4 is 11.6 Å². The number of imidazole rings is 1. The number of likely N-dealkylation sites (N-methyl/N-ethyl adjacent to an activating group) is 1. The highest BCUT2D eigenvalue weighted by Crippen LogP contribution is 2.44. The molecule has 0 spiro atoms. The van der Waals surface area contributed by atoms with Crippen molar-refractivity contribution in [3.63, 3.8) is 0 Å². The molecule has 43 heavy (non-hydrogen) atoms. The number of carbonyl (C=O) groups excluding carboxylic acids is 1. The number of carbonyl (C=O) groups is 1. The fourth-order valence-electron chi connectivity index (χ4n) is 5.79. The zero-order valence-corrected chi connectivity index (χ0v) is 24.6. The predicted octanol–water partition coefficient (Wildman–Crippen LogP) is 4.69. The average molecular weight is 594 g/mol. The second-order valence-electron chi connectivity index (χ2n) is 11.3. The van der Waals surface area contributed by atoms with E-state index in [9.17, 15) is 18.0 Å². The van der Waals surface area contributed by atoms with Crippen LogP contribution in [0.25, 0.3) is 11.1 Å². The van der Waals surface area contributed by atoms with E-state index in [1.54, 1.807) is 31.5 Å². The number of pyridine rings is 1. The van der Waals surface area contributed by atoms with Gasteiger partial charge in [0.15, 0.2) is 11.5 Å². The van der Waals surface area contributed by atoms with E-state index in [0.717, 1.165) is 36.0 Å². The molecular formula is C31H34F3N7O2. The third-order valence-electron chi connectivity index (χ3n) is 8.21. The molecule has 0 aliphatic carbocycles. The van der Waals surface area contributed by atoms with Gasteiger partial charge >= 0.3 is 6.18 Å². The van der Waals surface area contributed by atoms with Crippen LogP contribution in [0.1, 0.15) is 45.6 Å². The molecule has 3 aromatic heterocycles. The molecule has 1 atom stereocenters. The standard InChI is InChI=1S/C31H34F3N7O2/c1-5-41-16-26(30(38-41)31(32,33)34)24-10-20(13-39-7-6-36-19(39)3)11-25-28(42)21(17-43-29(24)25)12-22-8-18(2)9-27(37-22)40-14-23(15-40)35-4/h6-11,16,21,23,35H,5,12-15,17H2,1-4H3/t21-/m1/s1. The van der Waals surface area contributed by atoms with Gasteiger partial charge in [0, 0.05) is 74.1 Å². The molecule has 0 unspecified atom stereocenters. The summed E-state index contributed by atoms with van der Waals surface area (Å²) in [7, 11) is 1.94. The lowest BCUT2D eigenvalue weighted by molar-refractivity contribution is -0.141. The fraction of sp³-hybridized carbons (Fsp3) is 0.419. The number of hydrogen-bond donors (Lipinski definition) is 1. The Bertz CT molecular complexity index is 1670. The highest BCUT2D eigenvalue weighted by molar-refractivity contribution is 6.04. The van der Waals surface area contributed by atoms with E-state index in [1.165, 1.54) is 10.9 Å². The van der Waals surface area contributed by atoms with Gasteiger partial charge in [-0.05, 0) is 63.2 Å². The van der Waals surface area contributed by atoms with Crippen LogP contribution in [0.4, 0.5) is 19.0 Å². The number of benzene rings is 1. The van der Waals surface area contributed by atoms with Gasteiger partial charge in [0.1, 0.15) is 17.4 Å². The van der Waals surface area contributed by atoms with Crippen LogP contribution in [0.2, 0.25) is 0 Å². The van der Waals surface area contributed by atoms with E-state index < -0.39 is 17.8 Å². The van der Waals surface area contributed by atoms with Gasteiger partial charge in [-0.3, -0.25) is 9.48 Å². The highest BCUT2D eigenvalue weighted by atomic mass is 19.4. The van der Waals surface area contributed by atoms with Crippen molar-refractivity contribution < 1.29 is 22.7 Å². The van der Waals surface area contributed by atoms with Crippen molar-refractivity contribution in [2.24, 2.45) is 5.92 Å². The largest absolute Gasteiger partial charge is 0.491 e. The number of anilines is 1. The lowest BCUT2D eigenvalue weighted by atomic mass is 9.87. The molecule has 6 rings (SSSR count). The zero-order chi connectivity index (χ0) is 30.5. The number of aryl methyl sites for hydroxylation is 3. The summed E-state index contributed by atoms with van der Waals surface area (Å²) in [6, 6.07) is 7.83. The van der Waals surface area contributed by atoms with Crippen molar-refractivity contribution in [2.75, 3.05) is 31.6 Å². The molecule has 5 heterocycles. The monoisotopic (exact) mass is 593 g/mol. The van der Waals surface area contributed by atoms with Crippen molar-refractivity contribution in [1.82, 2.24) is 29.6 Å². The minimum atomic E-state index is -4.68. The van der Waals surface area contributed by atoms with Crippen molar-refractivity contribution in [1.29, 1.82) is 0 Å². The van der Waals surface area contributed by atoms with Crippen LogP contribution in [-0.2, 0) is 25.7 Å². The molecule has 0 radical (unpaired) electrons. The summed E-state index contributed by atoms with van der Waals surface area (Å²) in [4.78, 5) is 25.3. The number of nitrogens with zero attached hydrogens (tertiary/aromatic N) is 6. The topological polar surface area (TPSA) is 90.1 Å². The number of ketones is 1. The Balaban J connectivity index is 1.38. The third kappa shape index (κ3) is 5.63. The molecule has 0 amide bonds. The third-order valence-corrected chi connectivity index (χ3v) is 8.21. The molecule has 1 aromatic carbocycles. The number of alkyl halides is 3. The Kier molecular flexibility index (Phi) is 7.49. The number of rotatable bonds is 8. The van der Waals surface area contributed by atoms with Crippen LogP contribution < -0.4 is 15.0 Å². The molecule has 12 heteroatoms. The van der Waals surface area contributed by atoms with Crippen LogP contribution >= 0.6 is 0 Å². The SMILES string of the molecule is CCn1cc(-c2cc(Cn3ccnc3C)cc3c2OC[C@@H](Cc2cc(C)cc(N4CC(NC)C4)n2)C3=O)c(C(F)(F)F)n1. The summed E-state index contributed by atoms with van der Waals surface area (Å²) in [5.41, 5.74) is 1.85. The second kappa shape index (κ2) is 11.1. The molecule has 0 bridgehead atoms. The number of aromatic nitrogens is 5. The molecule has 9 nitrogen and oxygen atoms in total. The van der Waals surface area contributed by atoms with E-state index >= 15 is 0 Å². The first kappa shape index (κ1) is 28.9. The van der Waals surface area contributed by atoms with E-state index in [2.05, 4.69) is 20.3 Å². The lowest BCUT2D eigenvalue weighted by Gasteiger charge is -2.40. The van der Waals surface area contributed by atoms with Crippen molar-refractivity contribution in [3.8, 4) is 16.9 Å². The Hall–Kier alpha value is -4.19. The maximum Gasteiger partial charge on any atom is 0.435 e. The molecule has 2 aliphatic heterocycles. The number of nitrogens with one attached hydrogen (secondary N) is 1. The molecule has 0 saturated carbocycles. The smallest absolute Gasteiger partial charge is 0.435 e. The first-order chi connectivity index (χ1) is 20.5. The lowest BCUT2D eigenvalue weighted by Crippen LogP contribution is -2.57. The van der Waals surface area contributed by atoms with Crippen LogP contribution in [0.5, 0.6) is 5.75 Å². The second-order valence-corrected chi connectivity index (χ2v) is 11.3. The van der Waals surface area contributed by atoms with Crippen LogP contribution in [0.3, 0.4) is 0 Å². The minimum absolute atomic E-state index is 0.0403. The first-order valence-corrected chi connectivity index (χ1v) is 14.4. The van der Waals surface area contributed by atoms with Gasteiger partial charge in [-0.1, -0.05) is 0 Å². The number of Topliss-reactive ketones (excluding diaryl/α,β-unsaturated/α-hetero) is 1. The molecule has 4 aromatic rings. The molecule has 2 aliphatic rings.